The Bertz CT molecular complexity index is 645. The van der Waals surface area contributed by atoms with E-state index < -0.39 is 15.8 Å². The zero-order valence-corrected chi connectivity index (χ0v) is 14.9. The average molecular weight is 360 g/mol. The summed E-state index contributed by atoms with van der Waals surface area (Å²) in [5, 5.41) is 3.26. The lowest BCUT2D eigenvalue weighted by Gasteiger charge is -2.34. The molecule has 8 heteroatoms. The third-order valence-corrected chi connectivity index (χ3v) is 5.66. The monoisotopic (exact) mass is 360 g/mol. The molecule has 1 saturated heterocycles. The maximum absolute atomic E-state index is 13.6. The molecule has 1 heterocycles. The van der Waals surface area contributed by atoms with E-state index in [-0.39, 0.29) is 22.7 Å². The van der Waals surface area contributed by atoms with Crippen molar-refractivity contribution in [2.45, 2.75) is 24.7 Å². The van der Waals surface area contributed by atoms with Crippen molar-refractivity contribution in [2.24, 2.45) is 5.41 Å². The standard InChI is InChI=1S/C16H25FN2O4S/c1-16(5-7-18-8-6-16)12-19-24(20,21)15-11-13(17)3-4-14(15)23-10-9-22-2/h3-4,11,18-19H,5-10,12H2,1-2H3. The topological polar surface area (TPSA) is 76.7 Å². The average Bonchev–Trinajstić information content (AvgIpc) is 2.55. The van der Waals surface area contributed by atoms with E-state index in [1.165, 1.54) is 19.2 Å². The van der Waals surface area contributed by atoms with Crippen LogP contribution in [0, 0.1) is 11.2 Å². The smallest absolute Gasteiger partial charge is 0.244 e. The van der Waals surface area contributed by atoms with E-state index in [0.29, 0.717) is 13.2 Å². The summed E-state index contributed by atoms with van der Waals surface area (Å²) in [6, 6.07) is 3.48. The lowest BCUT2D eigenvalue weighted by molar-refractivity contribution is 0.144. The number of hydrogen-bond acceptors (Lipinski definition) is 5. The van der Waals surface area contributed by atoms with Crippen LogP contribution in [0.1, 0.15) is 19.8 Å². The molecule has 1 aromatic rings. The van der Waals surface area contributed by atoms with Gasteiger partial charge in [-0.1, -0.05) is 6.92 Å². The fourth-order valence-electron chi connectivity index (χ4n) is 2.60. The molecule has 0 radical (unpaired) electrons. The van der Waals surface area contributed by atoms with Gasteiger partial charge in [-0.3, -0.25) is 0 Å². The van der Waals surface area contributed by atoms with Crippen molar-refractivity contribution >= 4 is 10.0 Å². The molecule has 0 spiro atoms. The van der Waals surface area contributed by atoms with Crippen LogP contribution >= 0.6 is 0 Å². The van der Waals surface area contributed by atoms with Gasteiger partial charge in [-0.25, -0.2) is 17.5 Å². The molecule has 1 aromatic carbocycles. The fourth-order valence-corrected chi connectivity index (χ4v) is 3.95. The van der Waals surface area contributed by atoms with Gasteiger partial charge in [-0.2, -0.15) is 0 Å². The van der Waals surface area contributed by atoms with E-state index in [1.54, 1.807) is 0 Å². The summed E-state index contributed by atoms with van der Waals surface area (Å²) in [5.74, 6) is -0.501. The van der Waals surface area contributed by atoms with Gasteiger partial charge < -0.3 is 14.8 Å². The van der Waals surface area contributed by atoms with Crippen molar-refractivity contribution in [3.8, 4) is 5.75 Å². The first kappa shape index (κ1) is 19.1. The Hall–Kier alpha value is -1.22. The van der Waals surface area contributed by atoms with Crippen molar-refractivity contribution in [1.29, 1.82) is 0 Å². The molecule has 0 saturated carbocycles. The highest BCUT2D eigenvalue weighted by atomic mass is 32.2. The molecule has 2 N–H and O–H groups in total. The zero-order chi connectivity index (χ0) is 17.6. The van der Waals surface area contributed by atoms with Crippen molar-refractivity contribution in [1.82, 2.24) is 10.0 Å². The number of halogens is 1. The van der Waals surface area contributed by atoms with E-state index >= 15 is 0 Å². The number of methoxy groups -OCH3 is 1. The number of ether oxygens (including phenoxy) is 2. The molecule has 0 atom stereocenters. The second-order valence-corrected chi connectivity index (χ2v) is 8.05. The van der Waals surface area contributed by atoms with Crippen molar-refractivity contribution in [2.75, 3.05) is 40.0 Å². The summed E-state index contributed by atoms with van der Waals surface area (Å²) >= 11 is 0. The van der Waals surface area contributed by atoms with Crippen LogP contribution in [0.15, 0.2) is 23.1 Å². The summed E-state index contributed by atoms with van der Waals surface area (Å²) in [7, 11) is -2.34. The van der Waals surface area contributed by atoms with Crippen LogP contribution in [-0.4, -0.2) is 48.4 Å². The van der Waals surface area contributed by atoms with E-state index in [0.717, 1.165) is 32.0 Å². The highest BCUT2D eigenvalue weighted by Crippen LogP contribution is 2.29. The molecule has 1 fully saturated rings. The largest absolute Gasteiger partial charge is 0.490 e. The van der Waals surface area contributed by atoms with Gasteiger partial charge >= 0.3 is 0 Å². The molecular weight excluding hydrogens is 335 g/mol. The first-order valence-electron chi connectivity index (χ1n) is 7.98. The molecule has 0 unspecified atom stereocenters. The fraction of sp³-hybridized carbons (Fsp3) is 0.625. The summed E-state index contributed by atoms with van der Waals surface area (Å²) in [6.07, 6.45) is 1.77. The molecule has 0 aliphatic carbocycles. The summed E-state index contributed by atoms with van der Waals surface area (Å²) < 4.78 is 51.7. The van der Waals surface area contributed by atoms with Gasteiger partial charge in [0, 0.05) is 13.7 Å². The van der Waals surface area contributed by atoms with E-state index in [4.69, 9.17) is 9.47 Å². The maximum Gasteiger partial charge on any atom is 0.244 e. The minimum atomic E-state index is -3.86. The Morgan fingerprint density at radius 3 is 2.67 bits per heavy atom. The molecule has 136 valence electrons. The van der Waals surface area contributed by atoms with Crippen LogP contribution in [0.2, 0.25) is 0 Å². The quantitative estimate of drug-likeness (QED) is 0.688. The van der Waals surface area contributed by atoms with Crippen LogP contribution in [-0.2, 0) is 14.8 Å². The summed E-state index contributed by atoms with van der Waals surface area (Å²) in [5.41, 5.74) is -0.108. The molecule has 0 bridgehead atoms. The van der Waals surface area contributed by atoms with Crippen LogP contribution in [0.25, 0.3) is 0 Å². The molecule has 0 amide bonds. The Kier molecular flexibility index (Phi) is 6.56. The molecule has 24 heavy (non-hydrogen) atoms. The number of nitrogens with one attached hydrogen (secondary N) is 2. The SMILES string of the molecule is COCCOc1ccc(F)cc1S(=O)(=O)NCC1(C)CCNCC1. The van der Waals surface area contributed by atoms with Crippen LogP contribution < -0.4 is 14.8 Å². The lowest BCUT2D eigenvalue weighted by Crippen LogP contribution is -2.42. The van der Waals surface area contributed by atoms with Crippen molar-refractivity contribution in [3.05, 3.63) is 24.0 Å². The van der Waals surface area contributed by atoms with Crippen LogP contribution in [0.5, 0.6) is 5.75 Å². The molecule has 1 aliphatic rings. The molecule has 2 rings (SSSR count). The third kappa shape index (κ3) is 5.14. The predicted molar refractivity (Wildman–Crippen MR) is 89.2 cm³/mol. The molecule has 6 nitrogen and oxygen atoms in total. The van der Waals surface area contributed by atoms with Gasteiger partial charge in [-0.05, 0) is 49.5 Å². The number of sulfonamides is 1. The maximum atomic E-state index is 13.6. The second kappa shape index (κ2) is 8.24. The molecular formula is C16H25FN2O4S. The normalized spacial score (nSPS) is 17.6. The first-order valence-corrected chi connectivity index (χ1v) is 9.46. The Morgan fingerprint density at radius 2 is 2.00 bits per heavy atom. The molecule has 0 aromatic heterocycles. The number of rotatable bonds is 8. The Morgan fingerprint density at radius 1 is 1.29 bits per heavy atom. The Labute approximate surface area is 142 Å². The highest BCUT2D eigenvalue weighted by Gasteiger charge is 2.30. The highest BCUT2D eigenvalue weighted by molar-refractivity contribution is 7.89. The van der Waals surface area contributed by atoms with Gasteiger partial charge in [0.25, 0.3) is 0 Å². The minimum Gasteiger partial charge on any atom is -0.490 e. The summed E-state index contributed by atoms with van der Waals surface area (Å²) in [6.45, 7) is 4.60. The number of hydrogen-bond donors (Lipinski definition) is 2. The van der Waals surface area contributed by atoms with Gasteiger partial charge in [0.05, 0.1) is 6.61 Å². The summed E-state index contributed by atoms with van der Waals surface area (Å²) in [4.78, 5) is -0.184. The van der Waals surface area contributed by atoms with E-state index in [2.05, 4.69) is 17.0 Å². The van der Waals surface area contributed by atoms with Crippen LogP contribution in [0.3, 0.4) is 0 Å². The second-order valence-electron chi connectivity index (χ2n) is 6.32. The van der Waals surface area contributed by atoms with Gasteiger partial charge in [0.2, 0.25) is 10.0 Å². The first-order chi connectivity index (χ1) is 11.4. The van der Waals surface area contributed by atoms with Gasteiger partial charge in [-0.15, -0.1) is 0 Å². The van der Waals surface area contributed by atoms with Crippen molar-refractivity contribution < 1.29 is 22.3 Å². The predicted octanol–water partition coefficient (Wildman–Crippen LogP) is 1.52. The number of piperidine rings is 1. The van der Waals surface area contributed by atoms with E-state index in [1.807, 2.05) is 0 Å². The zero-order valence-electron chi connectivity index (χ0n) is 14.1. The Balaban J connectivity index is 2.13. The molecule has 1 aliphatic heterocycles. The van der Waals surface area contributed by atoms with Gasteiger partial charge in [0.1, 0.15) is 23.1 Å². The van der Waals surface area contributed by atoms with Crippen LogP contribution in [0.4, 0.5) is 4.39 Å². The van der Waals surface area contributed by atoms with Crippen molar-refractivity contribution in [3.63, 3.8) is 0 Å². The van der Waals surface area contributed by atoms with E-state index in [9.17, 15) is 12.8 Å². The third-order valence-electron chi connectivity index (χ3n) is 4.24. The lowest BCUT2D eigenvalue weighted by atomic mass is 9.81. The van der Waals surface area contributed by atoms with Gasteiger partial charge in [0.15, 0.2) is 0 Å². The minimum absolute atomic E-state index is 0.108. The number of benzene rings is 1.